The zero-order chi connectivity index (χ0) is 15.5. The van der Waals surface area contributed by atoms with E-state index < -0.39 is 0 Å². The minimum absolute atomic E-state index is 0.0270. The van der Waals surface area contributed by atoms with E-state index in [2.05, 4.69) is 5.92 Å². The number of methoxy groups -OCH3 is 1. The third-order valence-corrected chi connectivity index (χ3v) is 3.74. The lowest BCUT2D eigenvalue weighted by molar-refractivity contribution is 0.0844. The van der Waals surface area contributed by atoms with E-state index in [4.69, 9.17) is 15.9 Å². The van der Waals surface area contributed by atoms with Crippen LogP contribution in [0.4, 0.5) is 0 Å². The highest BCUT2D eigenvalue weighted by Gasteiger charge is 2.30. The summed E-state index contributed by atoms with van der Waals surface area (Å²) in [4.78, 5) is 12.5. The molecule has 0 saturated heterocycles. The highest BCUT2D eigenvalue weighted by Crippen LogP contribution is 2.40. The summed E-state index contributed by atoms with van der Waals surface area (Å²) in [6.07, 6.45) is 5.88. The van der Waals surface area contributed by atoms with Crippen LogP contribution in [0.1, 0.15) is 34.0 Å². The highest BCUT2D eigenvalue weighted by molar-refractivity contribution is 6.02. The number of terminal acetylenes is 1. The molecular weight excluding hydrogens is 276 g/mol. The lowest BCUT2D eigenvalue weighted by Gasteiger charge is -2.27. The summed E-state index contributed by atoms with van der Waals surface area (Å²) in [5, 5.41) is 0. The summed E-state index contributed by atoms with van der Waals surface area (Å²) in [5.41, 5.74) is 2.40. The molecule has 0 aromatic heterocycles. The van der Waals surface area contributed by atoms with Gasteiger partial charge in [0.1, 0.15) is 23.2 Å². The van der Waals surface area contributed by atoms with Gasteiger partial charge in [0.15, 0.2) is 5.78 Å². The Balaban J connectivity index is 2.03. The lowest BCUT2D eigenvalue weighted by atomic mass is 9.94. The van der Waals surface area contributed by atoms with Gasteiger partial charge < -0.3 is 9.47 Å². The van der Waals surface area contributed by atoms with E-state index in [0.29, 0.717) is 29.9 Å². The molecule has 0 fully saturated rings. The van der Waals surface area contributed by atoms with Gasteiger partial charge in [0.2, 0.25) is 0 Å². The van der Waals surface area contributed by atoms with E-state index in [9.17, 15) is 4.79 Å². The molecule has 0 radical (unpaired) electrons. The Morgan fingerprint density at radius 1 is 1.32 bits per heavy atom. The molecule has 110 valence electrons. The molecule has 3 heteroatoms. The van der Waals surface area contributed by atoms with Gasteiger partial charge in [-0.2, -0.15) is 0 Å². The molecule has 3 rings (SSSR count). The first-order chi connectivity index (χ1) is 10.7. The van der Waals surface area contributed by atoms with Crippen LogP contribution in [0.5, 0.6) is 11.5 Å². The molecule has 0 spiro atoms. The van der Waals surface area contributed by atoms with Gasteiger partial charge in [-0.3, -0.25) is 4.79 Å². The van der Waals surface area contributed by atoms with Gasteiger partial charge in [-0.1, -0.05) is 30.3 Å². The van der Waals surface area contributed by atoms with Gasteiger partial charge in [0, 0.05) is 6.42 Å². The van der Waals surface area contributed by atoms with Crippen LogP contribution in [0.15, 0.2) is 42.5 Å². The predicted molar refractivity (Wildman–Crippen MR) is 84.3 cm³/mol. The number of benzene rings is 2. The number of ether oxygens (including phenoxy) is 2. The van der Waals surface area contributed by atoms with Crippen LogP contribution in [0.2, 0.25) is 0 Å². The van der Waals surface area contributed by atoms with Crippen molar-refractivity contribution in [2.24, 2.45) is 0 Å². The summed E-state index contributed by atoms with van der Waals surface area (Å²) < 4.78 is 11.4. The monoisotopic (exact) mass is 292 g/mol. The van der Waals surface area contributed by atoms with Crippen LogP contribution < -0.4 is 9.47 Å². The van der Waals surface area contributed by atoms with Crippen LogP contribution in [0, 0.1) is 12.3 Å². The number of hydrogen-bond donors (Lipinski definition) is 0. The number of Topliss-reactive ketones (excluding diaryl/α,β-unsaturated/α-hetero) is 1. The second kappa shape index (κ2) is 5.95. The third-order valence-electron chi connectivity index (χ3n) is 3.74. The van der Waals surface area contributed by atoms with Gasteiger partial charge in [-0.25, -0.2) is 0 Å². The fourth-order valence-corrected chi connectivity index (χ4v) is 2.71. The summed E-state index contributed by atoms with van der Waals surface area (Å²) in [6, 6.07) is 13.4. The summed E-state index contributed by atoms with van der Waals surface area (Å²) in [5.74, 6) is 3.70. The number of hydrogen-bond acceptors (Lipinski definition) is 3. The lowest BCUT2D eigenvalue weighted by Crippen LogP contribution is -2.21. The minimum Gasteiger partial charge on any atom is -0.496 e. The van der Waals surface area contributed by atoms with Crippen LogP contribution in [0.3, 0.4) is 0 Å². The van der Waals surface area contributed by atoms with Crippen molar-refractivity contribution in [3.63, 3.8) is 0 Å². The predicted octanol–water partition coefficient (Wildman–Crippen LogP) is 3.58. The molecule has 0 bridgehead atoms. The Morgan fingerprint density at radius 2 is 2.09 bits per heavy atom. The van der Waals surface area contributed by atoms with E-state index in [1.165, 1.54) is 0 Å². The Kier molecular flexibility index (Phi) is 3.84. The standard InChI is InChI=1S/C19H16O3/c1-3-7-13-10-17(21-2)19-15(20)12-16(22-18(19)11-13)14-8-5-4-6-9-14/h1,4-6,8-11,16H,7,12H2,2H3/t16-/m0/s1. The van der Waals surface area contributed by atoms with E-state index in [0.717, 1.165) is 11.1 Å². The molecule has 1 heterocycles. The van der Waals surface area contributed by atoms with Crippen LogP contribution in [-0.2, 0) is 6.42 Å². The molecule has 0 amide bonds. The van der Waals surface area contributed by atoms with Gasteiger partial charge in [-0.15, -0.1) is 12.3 Å². The summed E-state index contributed by atoms with van der Waals surface area (Å²) >= 11 is 0. The van der Waals surface area contributed by atoms with Gasteiger partial charge in [0.25, 0.3) is 0 Å². The highest BCUT2D eigenvalue weighted by atomic mass is 16.5. The molecule has 1 aliphatic rings. The zero-order valence-electron chi connectivity index (χ0n) is 12.3. The van der Waals surface area contributed by atoms with Crippen molar-refractivity contribution in [3.05, 3.63) is 59.2 Å². The van der Waals surface area contributed by atoms with Crippen LogP contribution >= 0.6 is 0 Å². The largest absolute Gasteiger partial charge is 0.496 e. The molecule has 0 unspecified atom stereocenters. The molecule has 1 aliphatic heterocycles. The topological polar surface area (TPSA) is 35.5 Å². The second-order valence-corrected chi connectivity index (χ2v) is 5.20. The maximum Gasteiger partial charge on any atom is 0.174 e. The number of carbonyl (C=O) groups is 1. The van der Waals surface area contributed by atoms with Crippen molar-refractivity contribution < 1.29 is 14.3 Å². The number of ketones is 1. The first-order valence-corrected chi connectivity index (χ1v) is 7.12. The molecule has 2 aromatic carbocycles. The summed E-state index contributed by atoms with van der Waals surface area (Å²) in [7, 11) is 1.55. The van der Waals surface area contributed by atoms with Gasteiger partial charge in [0.05, 0.1) is 13.5 Å². The number of carbonyl (C=O) groups excluding carboxylic acids is 1. The van der Waals surface area contributed by atoms with E-state index in [-0.39, 0.29) is 11.9 Å². The maximum atomic E-state index is 12.5. The maximum absolute atomic E-state index is 12.5. The fourth-order valence-electron chi connectivity index (χ4n) is 2.71. The smallest absolute Gasteiger partial charge is 0.174 e. The molecule has 3 nitrogen and oxygen atoms in total. The molecule has 2 aromatic rings. The van der Waals surface area contributed by atoms with Crippen LogP contribution in [0.25, 0.3) is 0 Å². The van der Waals surface area contributed by atoms with Crippen molar-refractivity contribution >= 4 is 5.78 Å². The van der Waals surface area contributed by atoms with Crippen molar-refractivity contribution in [3.8, 4) is 23.8 Å². The average molecular weight is 292 g/mol. The fraction of sp³-hybridized carbons (Fsp3) is 0.211. The van der Waals surface area contributed by atoms with E-state index in [1.54, 1.807) is 7.11 Å². The van der Waals surface area contributed by atoms with Crippen molar-refractivity contribution in [1.82, 2.24) is 0 Å². The van der Waals surface area contributed by atoms with Crippen molar-refractivity contribution in [2.45, 2.75) is 18.9 Å². The quantitative estimate of drug-likeness (QED) is 0.811. The Labute approximate surface area is 129 Å². The van der Waals surface area contributed by atoms with Crippen LogP contribution in [-0.4, -0.2) is 12.9 Å². The Hall–Kier alpha value is -2.73. The Morgan fingerprint density at radius 3 is 2.77 bits per heavy atom. The summed E-state index contributed by atoms with van der Waals surface area (Å²) in [6.45, 7) is 0. The first kappa shape index (κ1) is 14.2. The first-order valence-electron chi connectivity index (χ1n) is 7.12. The molecule has 0 saturated carbocycles. The Bertz CT molecular complexity index is 741. The zero-order valence-corrected chi connectivity index (χ0v) is 12.3. The van der Waals surface area contributed by atoms with Gasteiger partial charge in [-0.05, 0) is 23.3 Å². The molecule has 22 heavy (non-hydrogen) atoms. The minimum atomic E-state index is -0.271. The third kappa shape index (κ3) is 2.56. The molecular formula is C19H16O3. The normalized spacial score (nSPS) is 16.4. The molecule has 1 atom stereocenters. The average Bonchev–Trinajstić information content (AvgIpc) is 2.55. The van der Waals surface area contributed by atoms with E-state index in [1.807, 2.05) is 42.5 Å². The van der Waals surface area contributed by atoms with Crippen molar-refractivity contribution in [2.75, 3.05) is 7.11 Å². The SMILES string of the molecule is C#CCc1cc(OC)c2c(c1)O[C@H](c1ccccc1)CC2=O. The van der Waals surface area contributed by atoms with Gasteiger partial charge >= 0.3 is 0 Å². The second-order valence-electron chi connectivity index (χ2n) is 5.20. The molecule has 0 N–H and O–H groups in total. The number of rotatable bonds is 3. The molecule has 0 aliphatic carbocycles. The van der Waals surface area contributed by atoms with E-state index >= 15 is 0 Å². The van der Waals surface area contributed by atoms with Crippen molar-refractivity contribution in [1.29, 1.82) is 0 Å². The number of fused-ring (bicyclic) bond motifs is 1.